The van der Waals surface area contributed by atoms with Crippen LogP contribution in [-0.2, 0) is 10.1 Å². The molecule has 3 atom stereocenters. The maximum absolute atomic E-state index is 11.2. The topological polar surface area (TPSA) is 80.4 Å². The van der Waals surface area contributed by atoms with Crippen molar-refractivity contribution in [1.82, 2.24) is 0 Å². The largest absolute Gasteiger partial charge is 0.323 e. The van der Waals surface area contributed by atoms with Crippen LogP contribution in [0.2, 0.25) is 0 Å². The predicted molar refractivity (Wildman–Crippen MR) is 65.0 cm³/mol. The van der Waals surface area contributed by atoms with E-state index in [1.165, 1.54) is 6.42 Å². The zero-order valence-corrected chi connectivity index (χ0v) is 11.0. The number of hydrogen-bond acceptors (Lipinski definition) is 3. The summed E-state index contributed by atoms with van der Waals surface area (Å²) >= 11 is 0. The van der Waals surface area contributed by atoms with Gasteiger partial charge >= 0.3 is 0 Å². The highest BCUT2D eigenvalue weighted by molar-refractivity contribution is 7.85. The second-order valence-corrected chi connectivity index (χ2v) is 8.32. The van der Waals surface area contributed by atoms with Crippen LogP contribution in [0.25, 0.3) is 0 Å². The average molecular weight is 259 g/mol. The smallest absolute Gasteiger partial charge is 0.266 e. The molecule has 0 aromatic rings. The van der Waals surface area contributed by atoms with Gasteiger partial charge < -0.3 is 5.73 Å². The normalized spacial score (nSPS) is 53.0. The van der Waals surface area contributed by atoms with Gasteiger partial charge in [0.15, 0.2) is 0 Å². The van der Waals surface area contributed by atoms with E-state index in [0.717, 1.165) is 37.5 Å². The Kier molecular flexibility index (Phi) is 2.28. The van der Waals surface area contributed by atoms with Gasteiger partial charge in [0.2, 0.25) is 0 Å². The first-order valence-corrected chi connectivity index (χ1v) is 8.07. The molecule has 4 rings (SSSR count). The quantitative estimate of drug-likeness (QED) is 0.735. The van der Waals surface area contributed by atoms with Crippen LogP contribution < -0.4 is 5.73 Å². The van der Waals surface area contributed by atoms with Crippen LogP contribution in [0.4, 0.5) is 0 Å². The van der Waals surface area contributed by atoms with E-state index in [9.17, 15) is 13.0 Å². The van der Waals surface area contributed by atoms with Crippen molar-refractivity contribution >= 4 is 10.1 Å². The fourth-order valence-corrected chi connectivity index (χ4v) is 6.33. The second kappa shape index (κ2) is 3.25. The van der Waals surface area contributed by atoms with Gasteiger partial charge in [0.1, 0.15) is 0 Å². The van der Waals surface area contributed by atoms with E-state index in [-0.39, 0.29) is 17.1 Å². The summed E-state index contributed by atoms with van der Waals surface area (Å²) in [4.78, 5) is 0. The average Bonchev–Trinajstić information content (AvgIpc) is 2.10. The second-order valence-electron chi connectivity index (χ2n) is 6.87. The zero-order valence-electron chi connectivity index (χ0n) is 10.2. The van der Waals surface area contributed by atoms with E-state index >= 15 is 0 Å². The van der Waals surface area contributed by atoms with E-state index in [2.05, 4.69) is 6.92 Å². The van der Waals surface area contributed by atoms with Gasteiger partial charge in [0, 0.05) is 5.54 Å². The van der Waals surface area contributed by atoms with Gasteiger partial charge in [-0.1, -0.05) is 6.92 Å². The van der Waals surface area contributed by atoms with Crippen LogP contribution in [0.15, 0.2) is 0 Å². The molecule has 4 bridgehead atoms. The molecule has 0 aromatic carbocycles. The highest BCUT2D eigenvalue weighted by Crippen LogP contribution is 2.63. The minimum absolute atomic E-state index is 0.0997. The van der Waals surface area contributed by atoms with Crippen molar-refractivity contribution in [3.63, 3.8) is 0 Å². The molecule has 5 heteroatoms. The summed E-state index contributed by atoms with van der Waals surface area (Å²) in [6, 6.07) is 0. The van der Waals surface area contributed by atoms with Gasteiger partial charge in [0.05, 0.1) is 5.75 Å². The summed E-state index contributed by atoms with van der Waals surface area (Å²) < 4.78 is 31.7. The SMILES string of the molecule is CC12CC3CC(CC(C3)C1(N)CS(=O)(=O)O)C2. The maximum atomic E-state index is 11.2. The molecule has 3 unspecified atom stereocenters. The highest BCUT2D eigenvalue weighted by Gasteiger charge is 2.62. The van der Waals surface area contributed by atoms with E-state index in [1.54, 1.807) is 0 Å². The molecule has 0 radical (unpaired) electrons. The molecule has 0 heterocycles. The van der Waals surface area contributed by atoms with Crippen LogP contribution in [0.5, 0.6) is 0 Å². The number of hydrogen-bond donors (Lipinski definition) is 2. The molecule has 98 valence electrons. The van der Waals surface area contributed by atoms with Gasteiger partial charge in [-0.05, 0) is 55.3 Å². The minimum Gasteiger partial charge on any atom is -0.323 e. The number of nitrogens with two attached hydrogens (primary N) is 1. The Morgan fingerprint density at radius 3 is 2.18 bits per heavy atom. The molecule has 0 aliphatic heterocycles. The molecule has 0 aromatic heterocycles. The molecule has 0 saturated heterocycles. The molecule has 0 spiro atoms. The summed E-state index contributed by atoms with van der Waals surface area (Å²) in [5.74, 6) is 1.48. The van der Waals surface area contributed by atoms with Crippen molar-refractivity contribution in [2.24, 2.45) is 28.9 Å². The van der Waals surface area contributed by atoms with Gasteiger partial charge in [0.25, 0.3) is 10.1 Å². The third kappa shape index (κ3) is 1.66. The molecule has 3 N–H and O–H groups in total. The molecular weight excluding hydrogens is 238 g/mol. The molecule has 0 amide bonds. The fourth-order valence-electron chi connectivity index (χ4n) is 5.14. The molecule has 4 nitrogen and oxygen atoms in total. The van der Waals surface area contributed by atoms with E-state index in [4.69, 9.17) is 5.73 Å². The third-order valence-corrected chi connectivity index (χ3v) is 6.50. The zero-order chi connectivity index (χ0) is 12.5. The lowest BCUT2D eigenvalue weighted by molar-refractivity contribution is -0.106. The lowest BCUT2D eigenvalue weighted by Gasteiger charge is -2.65. The monoisotopic (exact) mass is 259 g/mol. The van der Waals surface area contributed by atoms with Crippen LogP contribution in [-0.4, -0.2) is 24.3 Å². The van der Waals surface area contributed by atoms with E-state index < -0.39 is 15.7 Å². The van der Waals surface area contributed by atoms with Gasteiger partial charge in [-0.2, -0.15) is 8.42 Å². The summed E-state index contributed by atoms with van der Waals surface area (Å²) in [5.41, 5.74) is 5.66. The number of rotatable bonds is 2. The third-order valence-electron chi connectivity index (χ3n) is 5.65. The standard InChI is InChI=1S/C12H21NO3S/c1-11-5-8-2-9(6-11)4-10(3-8)12(11,13)7-17(14,15)16/h8-10H,2-7,13H2,1H3,(H,14,15,16). The van der Waals surface area contributed by atoms with Gasteiger partial charge in [-0.3, -0.25) is 4.55 Å². The molecule has 4 aliphatic carbocycles. The lowest BCUT2D eigenvalue weighted by Crippen LogP contribution is -2.70. The molecule has 4 fully saturated rings. The fraction of sp³-hybridized carbons (Fsp3) is 1.00. The Balaban J connectivity index is 1.99. The van der Waals surface area contributed by atoms with Crippen molar-refractivity contribution in [3.05, 3.63) is 0 Å². The Morgan fingerprint density at radius 1 is 1.24 bits per heavy atom. The van der Waals surface area contributed by atoms with Crippen LogP contribution in [0.1, 0.15) is 39.0 Å². The van der Waals surface area contributed by atoms with Crippen molar-refractivity contribution in [2.45, 2.75) is 44.6 Å². The van der Waals surface area contributed by atoms with Crippen molar-refractivity contribution < 1.29 is 13.0 Å². The molecular formula is C12H21NO3S. The Bertz CT molecular complexity index is 433. The first-order valence-electron chi connectivity index (χ1n) is 6.46. The summed E-state index contributed by atoms with van der Waals surface area (Å²) in [5, 5.41) is 0. The van der Waals surface area contributed by atoms with Crippen LogP contribution in [0, 0.1) is 23.2 Å². The van der Waals surface area contributed by atoms with E-state index in [0.29, 0.717) is 0 Å². The Hall–Kier alpha value is -0.130. The van der Waals surface area contributed by atoms with Crippen LogP contribution in [0.3, 0.4) is 0 Å². The van der Waals surface area contributed by atoms with Crippen molar-refractivity contribution in [1.29, 1.82) is 0 Å². The van der Waals surface area contributed by atoms with E-state index in [1.807, 2.05) is 0 Å². The molecule has 17 heavy (non-hydrogen) atoms. The first-order chi connectivity index (χ1) is 7.72. The lowest BCUT2D eigenvalue weighted by atomic mass is 9.43. The maximum Gasteiger partial charge on any atom is 0.266 e. The molecule has 4 aliphatic rings. The summed E-state index contributed by atoms with van der Waals surface area (Å²) in [6.07, 6.45) is 5.47. The molecule has 4 saturated carbocycles. The predicted octanol–water partition coefficient (Wildman–Crippen LogP) is 1.42. The Morgan fingerprint density at radius 2 is 1.76 bits per heavy atom. The highest BCUT2D eigenvalue weighted by atomic mass is 32.2. The minimum atomic E-state index is -3.99. The van der Waals surface area contributed by atoms with Gasteiger partial charge in [-0.25, -0.2) is 0 Å². The first kappa shape index (κ1) is 11.9. The van der Waals surface area contributed by atoms with Crippen molar-refractivity contribution in [2.75, 3.05) is 5.75 Å². The van der Waals surface area contributed by atoms with Gasteiger partial charge in [-0.15, -0.1) is 0 Å². The van der Waals surface area contributed by atoms with Crippen molar-refractivity contribution in [3.8, 4) is 0 Å². The summed E-state index contributed by atoms with van der Waals surface area (Å²) in [6.45, 7) is 2.13. The summed E-state index contributed by atoms with van der Waals surface area (Å²) in [7, 11) is -3.99. The van der Waals surface area contributed by atoms with Crippen LogP contribution >= 0.6 is 0 Å². The Labute approximate surface area is 103 Å².